The first-order valence-corrected chi connectivity index (χ1v) is 6.07. The minimum absolute atomic E-state index is 0.169. The van der Waals surface area contributed by atoms with Crippen molar-refractivity contribution in [3.05, 3.63) is 24.0 Å². The van der Waals surface area contributed by atoms with Crippen LogP contribution in [0.2, 0.25) is 0 Å². The van der Waals surface area contributed by atoms with Crippen LogP contribution in [0.15, 0.2) is 18.2 Å². The Hall–Kier alpha value is -1.11. The predicted molar refractivity (Wildman–Crippen MR) is 65.3 cm³/mol. The lowest BCUT2D eigenvalue weighted by Gasteiger charge is -2.13. The maximum Gasteiger partial charge on any atom is 0.492 e. The summed E-state index contributed by atoms with van der Waals surface area (Å²) in [4.78, 5) is 0. The number of hydrogen-bond donors (Lipinski definition) is 2. The highest BCUT2D eigenvalue weighted by molar-refractivity contribution is 6.59. The molecule has 2 N–H and O–H groups in total. The van der Waals surface area contributed by atoms with Gasteiger partial charge in [-0.1, -0.05) is 6.07 Å². The third-order valence-electron chi connectivity index (χ3n) is 2.98. The van der Waals surface area contributed by atoms with E-state index in [9.17, 15) is 4.39 Å². The van der Waals surface area contributed by atoms with Gasteiger partial charge in [-0.15, -0.1) is 0 Å². The molecule has 1 aliphatic heterocycles. The van der Waals surface area contributed by atoms with Crippen molar-refractivity contribution in [1.29, 1.82) is 0 Å². The monoisotopic (exact) mass is 254 g/mol. The Morgan fingerprint density at radius 1 is 1.44 bits per heavy atom. The van der Waals surface area contributed by atoms with E-state index in [1.165, 1.54) is 12.1 Å². The normalized spacial score (nSPS) is 18.9. The van der Waals surface area contributed by atoms with Crippen LogP contribution < -0.4 is 10.2 Å². The van der Waals surface area contributed by atoms with Gasteiger partial charge in [0, 0.05) is 24.6 Å². The Morgan fingerprint density at radius 3 is 2.94 bits per heavy atom. The molecule has 1 saturated heterocycles. The molecule has 1 aromatic rings. The summed E-state index contributed by atoms with van der Waals surface area (Å²) < 4.78 is 23.9. The number of rotatable bonds is 5. The Labute approximate surface area is 105 Å². The molecule has 1 atom stereocenters. The van der Waals surface area contributed by atoms with Crippen molar-refractivity contribution >= 4 is 12.6 Å². The van der Waals surface area contributed by atoms with E-state index < -0.39 is 12.9 Å². The lowest BCUT2D eigenvalue weighted by atomic mass is 9.79. The highest BCUT2D eigenvalue weighted by Gasteiger charge is 2.19. The van der Waals surface area contributed by atoms with Gasteiger partial charge in [-0.3, -0.25) is 0 Å². The fourth-order valence-electron chi connectivity index (χ4n) is 2.02. The summed E-state index contributed by atoms with van der Waals surface area (Å²) in [5, 5.41) is 18.3. The van der Waals surface area contributed by atoms with Crippen LogP contribution in [0.25, 0.3) is 0 Å². The van der Waals surface area contributed by atoms with Crippen LogP contribution in [0.4, 0.5) is 4.39 Å². The Balaban J connectivity index is 1.92. The average Bonchev–Trinajstić information content (AvgIpc) is 2.82. The fraction of sp³-hybridized carbons (Fsp3) is 0.500. The molecular weight excluding hydrogens is 238 g/mol. The molecule has 0 bridgehead atoms. The molecule has 18 heavy (non-hydrogen) atoms. The summed E-state index contributed by atoms with van der Waals surface area (Å²) in [5.41, 5.74) is 0.170. The predicted octanol–water partition coefficient (Wildman–Crippen LogP) is 0.453. The number of ether oxygens (including phenoxy) is 2. The molecule has 0 saturated carbocycles. The van der Waals surface area contributed by atoms with E-state index in [0.717, 1.165) is 31.9 Å². The fourth-order valence-corrected chi connectivity index (χ4v) is 2.02. The van der Waals surface area contributed by atoms with Gasteiger partial charge in [-0.25, -0.2) is 4.39 Å². The lowest BCUT2D eigenvalue weighted by Crippen LogP contribution is -2.31. The van der Waals surface area contributed by atoms with Crippen molar-refractivity contribution in [1.82, 2.24) is 0 Å². The Morgan fingerprint density at radius 2 is 2.28 bits per heavy atom. The van der Waals surface area contributed by atoms with E-state index in [1.807, 2.05) is 0 Å². The van der Waals surface area contributed by atoms with Gasteiger partial charge in [0.15, 0.2) is 0 Å². The standard InChI is InChI=1S/C12H16BFO4/c14-9-3-4-11(13(15)16)12(8-9)18-7-5-10-2-1-6-17-10/h3-4,8,10,15-16H,1-2,5-7H2. The van der Waals surface area contributed by atoms with Crippen molar-refractivity contribution < 1.29 is 23.9 Å². The molecule has 0 spiro atoms. The molecule has 6 heteroatoms. The summed E-state index contributed by atoms with van der Waals surface area (Å²) in [5.74, 6) is -0.297. The Bertz CT molecular complexity index is 394. The van der Waals surface area contributed by atoms with Crippen LogP contribution in [-0.4, -0.2) is 36.5 Å². The zero-order valence-corrected chi connectivity index (χ0v) is 10.0. The first-order chi connectivity index (χ1) is 8.66. The molecule has 4 nitrogen and oxygen atoms in total. The lowest BCUT2D eigenvalue weighted by molar-refractivity contribution is 0.0904. The van der Waals surface area contributed by atoms with Gasteiger partial charge in [0.1, 0.15) is 11.6 Å². The summed E-state index contributed by atoms with van der Waals surface area (Å²) >= 11 is 0. The van der Waals surface area contributed by atoms with Gasteiger partial charge >= 0.3 is 7.12 Å². The molecule has 0 aromatic heterocycles. The number of benzene rings is 1. The maximum absolute atomic E-state index is 13.1. The van der Waals surface area contributed by atoms with Crippen LogP contribution in [0.3, 0.4) is 0 Å². The number of hydrogen-bond acceptors (Lipinski definition) is 4. The van der Waals surface area contributed by atoms with Crippen LogP contribution in [0, 0.1) is 5.82 Å². The van der Waals surface area contributed by atoms with Crippen molar-refractivity contribution in [3.8, 4) is 5.75 Å². The zero-order valence-electron chi connectivity index (χ0n) is 10.0. The minimum Gasteiger partial charge on any atom is -0.494 e. The van der Waals surface area contributed by atoms with Gasteiger partial charge in [0.2, 0.25) is 0 Å². The molecule has 1 unspecified atom stereocenters. The highest BCUT2D eigenvalue weighted by atomic mass is 19.1. The average molecular weight is 254 g/mol. The molecule has 0 radical (unpaired) electrons. The molecule has 0 aliphatic carbocycles. The van der Waals surface area contributed by atoms with Crippen molar-refractivity contribution in [2.24, 2.45) is 0 Å². The van der Waals surface area contributed by atoms with Gasteiger partial charge < -0.3 is 19.5 Å². The first-order valence-electron chi connectivity index (χ1n) is 6.07. The van der Waals surface area contributed by atoms with Crippen LogP contribution in [-0.2, 0) is 4.74 Å². The van der Waals surface area contributed by atoms with Crippen LogP contribution in [0.5, 0.6) is 5.75 Å². The van der Waals surface area contributed by atoms with Crippen LogP contribution >= 0.6 is 0 Å². The van der Waals surface area contributed by atoms with Gasteiger partial charge in [-0.2, -0.15) is 0 Å². The second-order valence-electron chi connectivity index (χ2n) is 4.33. The maximum atomic E-state index is 13.1. The molecule has 1 aliphatic rings. The van der Waals surface area contributed by atoms with E-state index >= 15 is 0 Å². The Kier molecular flexibility index (Phi) is 4.57. The summed E-state index contributed by atoms with van der Waals surface area (Å²) in [6.07, 6.45) is 2.99. The molecular formula is C12H16BFO4. The molecule has 1 heterocycles. The topological polar surface area (TPSA) is 58.9 Å². The third-order valence-corrected chi connectivity index (χ3v) is 2.98. The SMILES string of the molecule is OB(O)c1ccc(F)cc1OCCC1CCCO1. The third kappa shape index (κ3) is 3.44. The van der Waals surface area contributed by atoms with E-state index in [4.69, 9.17) is 19.5 Å². The van der Waals surface area contributed by atoms with Crippen molar-refractivity contribution in [2.75, 3.05) is 13.2 Å². The van der Waals surface area contributed by atoms with Crippen LogP contribution in [0.1, 0.15) is 19.3 Å². The van der Waals surface area contributed by atoms with Gasteiger partial charge in [-0.05, 0) is 18.9 Å². The minimum atomic E-state index is -1.66. The quantitative estimate of drug-likeness (QED) is 0.749. The smallest absolute Gasteiger partial charge is 0.492 e. The van der Waals surface area contributed by atoms with Crippen molar-refractivity contribution in [2.45, 2.75) is 25.4 Å². The molecule has 1 fully saturated rings. The second-order valence-corrected chi connectivity index (χ2v) is 4.33. The second kappa shape index (κ2) is 6.18. The first kappa shape index (κ1) is 13.3. The van der Waals surface area contributed by atoms with Gasteiger partial charge in [0.05, 0.1) is 12.7 Å². The summed E-state index contributed by atoms with van der Waals surface area (Å²) in [6.45, 7) is 1.15. The van der Waals surface area contributed by atoms with Crippen molar-refractivity contribution in [3.63, 3.8) is 0 Å². The molecule has 98 valence electrons. The van der Waals surface area contributed by atoms with E-state index in [2.05, 4.69) is 0 Å². The van der Waals surface area contributed by atoms with E-state index in [-0.39, 0.29) is 17.3 Å². The summed E-state index contributed by atoms with van der Waals surface area (Å²) in [7, 11) is -1.66. The molecule has 2 rings (SSSR count). The number of halogens is 1. The molecule has 0 amide bonds. The zero-order chi connectivity index (χ0) is 13.0. The van der Waals surface area contributed by atoms with E-state index in [1.54, 1.807) is 0 Å². The summed E-state index contributed by atoms with van der Waals surface area (Å²) in [6, 6.07) is 3.63. The highest BCUT2D eigenvalue weighted by Crippen LogP contribution is 2.16. The van der Waals surface area contributed by atoms with Gasteiger partial charge in [0.25, 0.3) is 0 Å². The molecule has 1 aromatic carbocycles. The van der Waals surface area contributed by atoms with E-state index in [0.29, 0.717) is 6.61 Å². The largest absolute Gasteiger partial charge is 0.494 e.